The maximum atomic E-state index is 3.95. The molecular weight excluding hydrogens is 292 g/mol. The first-order valence-corrected chi connectivity index (χ1v) is 11.2. The number of nitrogens with one attached hydrogen (secondary N) is 2. The van der Waals surface area contributed by atoms with E-state index in [1.54, 1.807) is 0 Å². The molecule has 0 saturated carbocycles. The van der Waals surface area contributed by atoms with E-state index in [0.717, 1.165) is 36.0 Å². The maximum absolute atomic E-state index is 3.95. The lowest BCUT2D eigenvalue weighted by Gasteiger charge is -2.21. The molecule has 0 amide bonds. The Kier molecular flexibility index (Phi) is 7.46. The van der Waals surface area contributed by atoms with Gasteiger partial charge in [0.25, 0.3) is 0 Å². The van der Waals surface area contributed by atoms with Gasteiger partial charge in [0, 0.05) is 24.2 Å². The third-order valence-electron chi connectivity index (χ3n) is 7.04. The molecule has 3 aliphatic heterocycles. The molecule has 0 aromatic rings. The molecule has 2 heteroatoms. The van der Waals surface area contributed by atoms with Crippen molar-refractivity contribution in [2.45, 2.75) is 128 Å². The van der Waals surface area contributed by atoms with Crippen LogP contribution in [0.15, 0.2) is 0 Å². The van der Waals surface area contributed by atoms with Gasteiger partial charge in [0.2, 0.25) is 0 Å². The van der Waals surface area contributed by atoms with Crippen molar-refractivity contribution in [2.75, 3.05) is 0 Å². The Morgan fingerprint density at radius 2 is 0.833 bits per heavy atom. The highest BCUT2D eigenvalue weighted by molar-refractivity contribution is 4.86. The highest BCUT2D eigenvalue weighted by Gasteiger charge is 2.26. The normalized spacial score (nSPS) is 43.2. The molecular formula is C22H42N2. The molecule has 4 bridgehead atoms. The quantitative estimate of drug-likeness (QED) is 0.618. The standard InChI is InChI=1S/C22H42N2/c1-17-7-3-5-9-20-12-14-22(24-20)16-18(2)8-4-6-10-19-11-13-21(15-17)23-19/h17-24H,3-16H2,1-2H3. The predicted molar refractivity (Wildman–Crippen MR) is 104 cm³/mol. The van der Waals surface area contributed by atoms with Crippen molar-refractivity contribution in [3.8, 4) is 0 Å². The Hall–Kier alpha value is -0.0800. The molecule has 0 aromatic carbocycles. The fraction of sp³-hybridized carbons (Fsp3) is 1.00. The Bertz CT molecular complexity index is 322. The second kappa shape index (κ2) is 9.57. The lowest BCUT2D eigenvalue weighted by atomic mass is 9.94. The van der Waals surface area contributed by atoms with Gasteiger partial charge in [-0.1, -0.05) is 52.4 Å². The molecule has 0 aromatic heterocycles. The topological polar surface area (TPSA) is 24.1 Å². The molecule has 0 radical (unpaired) electrons. The molecule has 3 fully saturated rings. The highest BCUT2D eigenvalue weighted by Crippen LogP contribution is 2.27. The molecule has 3 rings (SSSR count). The Balaban J connectivity index is 1.48. The summed E-state index contributed by atoms with van der Waals surface area (Å²) >= 11 is 0. The van der Waals surface area contributed by atoms with Crippen molar-refractivity contribution in [1.82, 2.24) is 10.6 Å². The van der Waals surface area contributed by atoms with Crippen molar-refractivity contribution in [1.29, 1.82) is 0 Å². The van der Waals surface area contributed by atoms with Crippen molar-refractivity contribution >= 4 is 0 Å². The fourth-order valence-corrected chi connectivity index (χ4v) is 5.61. The van der Waals surface area contributed by atoms with E-state index in [9.17, 15) is 0 Å². The summed E-state index contributed by atoms with van der Waals surface area (Å²) in [6.07, 6.45) is 20.0. The van der Waals surface area contributed by atoms with Crippen molar-refractivity contribution < 1.29 is 0 Å². The Labute approximate surface area is 150 Å². The number of hydrogen-bond donors (Lipinski definition) is 2. The minimum absolute atomic E-state index is 0.820. The maximum Gasteiger partial charge on any atom is 0.00727 e. The van der Waals surface area contributed by atoms with Gasteiger partial charge in [-0.3, -0.25) is 0 Å². The van der Waals surface area contributed by atoms with Crippen molar-refractivity contribution in [3.05, 3.63) is 0 Å². The second-order valence-electron chi connectivity index (χ2n) is 9.53. The van der Waals surface area contributed by atoms with E-state index < -0.39 is 0 Å². The highest BCUT2D eigenvalue weighted by atomic mass is 15.0. The predicted octanol–water partition coefficient (Wildman–Crippen LogP) is 5.41. The van der Waals surface area contributed by atoms with Crippen LogP contribution in [0.1, 0.15) is 104 Å². The zero-order chi connectivity index (χ0) is 16.8. The van der Waals surface area contributed by atoms with Gasteiger partial charge in [0.05, 0.1) is 0 Å². The zero-order valence-corrected chi connectivity index (χ0v) is 16.4. The summed E-state index contributed by atoms with van der Waals surface area (Å²) < 4.78 is 0. The molecule has 0 spiro atoms. The van der Waals surface area contributed by atoms with E-state index in [4.69, 9.17) is 0 Å². The first kappa shape index (κ1) is 18.7. The Morgan fingerprint density at radius 1 is 0.458 bits per heavy atom. The van der Waals surface area contributed by atoms with Crippen LogP contribution in [0, 0.1) is 11.8 Å². The lowest BCUT2D eigenvalue weighted by molar-refractivity contribution is 0.361. The monoisotopic (exact) mass is 334 g/mol. The molecule has 3 aliphatic rings. The van der Waals surface area contributed by atoms with E-state index in [-0.39, 0.29) is 0 Å². The number of fused-ring (bicyclic) bond motifs is 4. The van der Waals surface area contributed by atoms with Crippen LogP contribution in [0.2, 0.25) is 0 Å². The average Bonchev–Trinajstić information content (AvgIpc) is 3.17. The minimum Gasteiger partial charge on any atom is -0.311 e. The third kappa shape index (κ3) is 6.02. The second-order valence-corrected chi connectivity index (χ2v) is 9.53. The molecule has 6 unspecified atom stereocenters. The number of rotatable bonds is 0. The van der Waals surface area contributed by atoms with Crippen LogP contribution in [0.25, 0.3) is 0 Å². The number of hydrogen-bond acceptors (Lipinski definition) is 2. The summed E-state index contributed by atoms with van der Waals surface area (Å²) in [6.45, 7) is 4.97. The van der Waals surface area contributed by atoms with E-state index in [2.05, 4.69) is 24.5 Å². The fourth-order valence-electron chi connectivity index (χ4n) is 5.61. The molecule has 24 heavy (non-hydrogen) atoms. The summed E-state index contributed by atoms with van der Waals surface area (Å²) in [7, 11) is 0. The van der Waals surface area contributed by atoms with Crippen LogP contribution in [0.4, 0.5) is 0 Å². The first-order chi connectivity index (χ1) is 11.7. The van der Waals surface area contributed by atoms with Gasteiger partial charge < -0.3 is 10.6 Å². The third-order valence-corrected chi connectivity index (χ3v) is 7.04. The summed E-state index contributed by atoms with van der Waals surface area (Å²) in [5, 5.41) is 7.90. The van der Waals surface area contributed by atoms with Gasteiger partial charge in [-0.25, -0.2) is 0 Å². The van der Waals surface area contributed by atoms with E-state index in [1.165, 1.54) is 89.9 Å². The first-order valence-electron chi connectivity index (χ1n) is 11.2. The average molecular weight is 335 g/mol. The van der Waals surface area contributed by atoms with E-state index >= 15 is 0 Å². The minimum atomic E-state index is 0.820. The molecule has 6 atom stereocenters. The van der Waals surface area contributed by atoms with Crippen LogP contribution in [0.3, 0.4) is 0 Å². The smallest absolute Gasteiger partial charge is 0.00727 e. The summed E-state index contributed by atoms with van der Waals surface area (Å²) in [4.78, 5) is 0. The van der Waals surface area contributed by atoms with Crippen LogP contribution < -0.4 is 10.6 Å². The largest absolute Gasteiger partial charge is 0.311 e. The molecule has 0 aliphatic carbocycles. The van der Waals surface area contributed by atoms with Crippen molar-refractivity contribution in [2.24, 2.45) is 11.8 Å². The van der Waals surface area contributed by atoms with E-state index in [0.29, 0.717) is 0 Å². The molecule has 3 saturated heterocycles. The van der Waals surface area contributed by atoms with Crippen LogP contribution in [-0.4, -0.2) is 24.2 Å². The SMILES string of the molecule is CC1CCCCC2CCC(CC(C)CCCCC3CCC(C1)N3)N2. The summed E-state index contributed by atoms with van der Waals surface area (Å²) in [5.74, 6) is 1.82. The van der Waals surface area contributed by atoms with Crippen molar-refractivity contribution in [3.63, 3.8) is 0 Å². The summed E-state index contributed by atoms with van der Waals surface area (Å²) in [6, 6.07) is 3.29. The van der Waals surface area contributed by atoms with Gasteiger partial charge in [-0.15, -0.1) is 0 Å². The zero-order valence-electron chi connectivity index (χ0n) is 16.4. The van der Waals surface area contributed by atoms with Gasteiger partial charge in [-0.2, -0.15) is 0 Å². The van der Waals surface area contributed by atoms with Crippen LogP contribution in [-0.2, 0) is 0 Å². The molecule has 3 heterocycles. The summed E-state index contributed by atoms with van der Waals surface area (Å²) in [5.41, 5.74) is 0. The van der Waals surface area contributed by atoms with Crippen LogP contribution in [0.5, 0.6) is 0 Å². The van der Waals surface area contributed by atoms with Crippen LogP contribution >= 0.6 is 0 Å². The molecule has 2 N–H and O–H groups in total. The molecule has 140 valence electrons. The Morgan fingerprint density at radius 3 is 1.29 bits per heavy atom. The van der Waals surface area contributed by atoms with E-state index in [1.807, 2.05) is 0 Å². The van der Waals surface area contributed by atoms with Gasteiger partial charge >= 0.3 is 0 Å². The van der Waals surface area contributed by atoms with Gasteiger partial charge in [-0.05, 0) is 63.2 Å². The lowest BCUT2D eigenvalue weighted by Crippen LogP contribution is -2.31. The van der Waals surface area contributed by atoms with Gasteiger partial charge in [0.15, 0.2) is 0 Å². The molecule has 2 nitrogen and oxygen atoms in total. The van der Waals surface area contributed by atoms with Gasteiger partial charge in [0.1, 0.15) is 0 Å².